The Kier molecular flexibility index (Phi) is 6.17. The number of hydrogen-bond donors (Lipinski definition) is 0. The highest BCUT2D eigenvalue weighted by Gasteiger charge is 2.22. The van der Waals surface area contributed by atoms with Crippen LogP contribution >= 0.6 is 0 Å². The molecular formula is C44H29NO. The summed E-state index contributed by atoms with van der Waals surface area (Å²) < 4.78 is 6.63. The zero-order valence-electron chi connectivity index (χ0n) is 25.1. The normalized spacial score (nSPS) is 11.5. The molecule has 0 fully saturated rings. The minimum Gasteiger partial charge on any atom is -0.455 e. The van der Waals surface area contributed by atoms with Gasteiger partial charge < -0.3 is 9.32 Å². The molecule has 0 N–H and O–H groups in total. The Bertz CT molecular complexity index is 2530. The van der Waals surface area contributed by atoms with Crippen molar-refractivity contribution in [2.24, 2.45) is 0 Å². The lowest BCUT2D eigenvalue weighted by Gasteiger charge is -2.28. The Balaban J connectivity index is 1.27. The minimum absolute atomic E-state index is 0.874. The topological polar surface area (TPSA) is 16.4 Å². The third-order valence-electron chi connectivity index (χ3n) is 9.04. The van der Waals surface area contributed by atoms with Crippen LogP contribution in [0.15, 0.2) is 180 Å². The van der Waals surface area contributed by atoms with E-state index in [1.54, 1.807) is 0 Å². The first-order valence-corrected chi connectivity index (χ1v) is 15.7. The first-order chi connectivity index (χ1) is 22.8. The van der Waals surface area contributed by atoms with E-state index in [1.807, 2.05) is 0 Å². The van der Waals surface area contributed by atoms with Gasteiger partial charge in [-0.3, -0.25) is 0 Å². The fourth-order valence-electron chi connectivity index (χ4n) is 6.83. The number of nitrogens with zero attached hydrogens (tertiary/aromatic N) is 1. The van der Waals surface area contributed by atoms with Crippen LogP contribution in [0.2, 0.25) is 0 Å². The van der Waals surface area contributed by atoms with Gasteiger partial charge in [-0.15, -0.1) is 0 Å². The van der Waals surface area contributed by atoms with Crippen molar-refractivity contribution in [1.29, 1.82) is 0 Å². The summed E-state index contributed by atoms with van der Waals surface area (Å²) >= 11 is 0. The van der Waals surface area contributed by atoms with Crippen LogP contribution in [0.3, 0.4) is 0 Å². The zero-order valence-corrected chi connectivity index (χ0v) is 25.1. The third kappa shape index (κ3) is 4.35. The summed E-state index contributed by atoms with van der Waals surface area (Å²) in [5.74, 6) is 0. The van der Waals surface area contributed by atoms with E-state index in [9.17, 15) is 0 Å². The van der Waals surface area contributed by atoms with Gasteiger partial charge in [-0.1, -0.05) is 133 Å². The number of benzene rings is 8. The van der Waals surface area contributed by atoms with Gasteiger partial charge in [-0.05, 0) is 75.3 Å². The van der Waals surface area contributed by atoms with Gasteiger partial charge in [-0.25, -0.2) is 0 Å². The first-order valence-electron chi connectivity index (χ1n) is 15.7. The molecule has 0 saturated heterocycles. The fraction of sp³-hybridized carbons (Fsp3) is 0. The Morgan fingerprint density at radius 2 is 1.07 bits per heavy atom. The molecule has 46 heavy (non-hydrogen) atoms. The van der Waals surface area contributed by atoms with E-state index in [-0.39, 0.29) is 0 Å². The van der Waals surface area contributed by atoms with Gasteiger partial charge in [0, 0.05) is 22.0 Å². The van der Waals surface area contributed by atoms with Gasteiger partial charge in [-0.2, -0.15) is 0 Å². The maximum absolute atomic E-state index is 6.63. The highest BCUT2D eigenvalue weighted by atomic mass is 16.3. The molecule has 9 aromatic rings. The molecule has 0 radical (unpaired) electrons. The summed E-state index contributed by atoms with van der Waals surface area (Å²) in [6, 6.07) is 62.7. The monoisotopic (exact) mass is 587 g/mol. The van der Waals surface area contributed by atoms with Crippen molar-refractivity contribution in [2.45, 2.75) is 0 Å². The minimum atomic E-state index is 0.874. The van der Waals surface area contributed by atoms with Crippen molar-refractivity contribution < 1.29 is 4.42 Å². The predicted molar refractivity (Wildman–Crippen MR) is 194 cm³/mol. The van der Waals surface area contributed by atoms with E-state index in [1.165, 1.54) is 32.8 Å². The first kappa shape index (κ1) is 26.3. The van der Waals surface area contributed by atoms with Crippen LogP contribution in [0.5, 0.6) is 0 Å². The number of rotatable bonds is 5. The summed E-state index contributed by atoms with van der Waals surface area (Å²) in [6.07, 6.45) is 0. The SMILES string of the molecule is c1ccc(-c2ccccc2N(c2ccc(-c3ccc4ccccc4c3)cc2)c2cccc3oc4c5ccccc5ccc4c23)cc1. The van der Waals surface area contributed by atoms with Gasteiger partial charge in [0.25, 0.3) is 0 Å². The number of furan rings is 1. The quantitative estimate of drug-likeness (QED) is 0.199. The van der Waals surface area contributed by atoms with E-state index in [2.05, 4.69) is 181 Å². The third-order valence-corrected chi connectivity index (χ3v) is 9.04. The van der Waals surface area contributed by atoms with Crippen LogP contribution in [0.4, 0.5) is 17.1 Å². The second-order valence-corrected chi connectivity index (χ2v) is 11.7. The van der Waals surface area contributed by atoms with Gasteiger partial charge in [0.05, 0.1) is 16.8 Å². The Morgan fingerprint density at radius 1 is 0.391 bits per heavy atom. The van der Waals surface area contributed by atoms with E-state index in [4.69, 9.17) is 4.42 Å². The predicted octanol–water partition coefficient (Wildman–Crippen LogP) is 12.7. The summed E-state index contributed by atoms with van der Waals surface area (Å²) in [5.41, 5.74) is 9.78. The molecule has 0 bridgehead atoms. The Morgan fingerprint density at radius 3 is 1.93 bits per heavy atom. The van der Waals surface area contributed by atoms with Crippen LogP contribution in [-0.2, 0) is 0 Å². The number of anilines is 3. The lowest BCUT2D eigenvalue weighted by atomic mass is 9.99. The molecule has 1 aromatic heterocycles. The molecule has 1 heterocycles. The molecule has 0 unspecified atom stereocenters. The van der Waals surface area contributed by atoms with Crippen LogP contribution in [0, 0.1) is 0 Å². The van der Waals surface area contributed by atoms with Gasteiger partial charge in [0.2, 0.25) is 0 Å². The molecule has 9 rings (SSSR count). The molecule has 2 heteroatoms. The van der Waals surface area contributed by atoms with E-state index in [0.29, 0.717) is 0 Å². The molecule has 0 atom stereocenters. The molecule has 0 aliphatic rings. The summed E-state index contributed by atoms with van der Waals surface area (Å²) in [4.78, 5) is 2.39. The maximum Gasteiger partial charge on any atom is 0.143 e. The molecule has 2 nitrogen and oxygen atoms in total. The molecule has 0 aliphatic heterocycles. The smallest absolute Gasteiger partial charge is 0.143 e. The molecule has 0 saturated carbocycles. The van der Waals surface area contributed by atoms with E-state index < -0.39 is 0 Å². The Labute approximate surface area is 267 Å². The largest absolute Gasteiger partial charge is 0.455 e. The number of para-hydroxylation sites is 1. The molecule has 8 aromatic carbocycles. The summed E-state index contributed by atoms with van der Waals surface area (Å²) in [5, 5.41) is 7.00. The number of hydrogen-bond acceptors (Lipinski definition) is 2. The van der Waals surface area contributed by atoms with Crippen LogP contribution in [-0.4, -0.2) is 0 Å². The van der Waals surface area contributed by atoms with Crippen molar-refractivity contribution in [1.82, 2.24) is 0 Å². The lowest BCUT2D eigenvalue weighted by Crippen LogP contribution is -2.11. The molecule has 0 aliphatic carbocycles. The van der Waals surface area contributed by atoms with Gasteiger partial charge in [0.15, 0.2) is 0 Å². The van der Waals surface area contributed by atoms with Crippen molar-refractivity contribution in [3.05, 3.63) is 176 Å². The standard InChI is InChI=1S/C44H29NO/c1-2-12-32(13-3-1)37-16-8-9-18-40(37)45(36-26-23-31(24-27-36)35-22-21-30-11-4-5-15-34(30)29-35)41-19-10-20-42-43(41)39-28-25-33-14-6-7-17-38(33)44(39)46-42/h1-29H. The van der Waals surface area contributed by atoms with Gasteiger partial charge >= 0.3 is 0 Å². The fourth-order valence-corrected chi connectivity index (χ4v) is 6.83. The number of fused-ring (bicyclic) bond motifs is 6. The average molecular weight is 588 g/mol. The molecule has 0 spiro atoms. The average Bonchev–Trinajstić information content (AvgIpc) is 3.53. The second-order valence-electron chi connectivity index (χ2n) is 11.7. The van der Waals surface area contributed by atoms with Crippen molar-refractivity contribution >= 4 is 60.5 Å². The van der Waals surface area contributed by atoms with Crippen LogP contribution in [0.25, 0.3) is 65.7 Å². The van der Waals surface area contributed by atoms with E-state index in [0.717, 1.165) is 50.0 Å². The zero-order chi connectivity index (χ0) is 30.5. The molecule has 0 amide bonds. The second kappa shape index (κ2) is 10.8. The van der Waals surface area contributed by atoms with Crippen LogP contribution in [0.1, 0.15) is 0 Å². The van der Waals surface area contributed by atoms with Gasteiger partial charge in [0.1, 0.15) is 11.2 Å². The summed E-state index contributed by atoms with van der Waals surface area (Å²) in [7, 11) is 0. The van der Waals surface area contributed by atoms with Crippen molar-refractivity contribution in [3.8, 4) is 22.3 Å². The lowest BCUT2D eigenvalue weighted by molar-refractivity contribution is 0.672. The summed E-state index contributed by atoms with van der Waals surface area (Å²) in [6.45, 7) is 0. The van der Waals surface area contributed by atoms with Crippen molar-refractivity contribution in [3.63, 3.8) is 0 Å². The Hall–Kier alpha value is -6.12. The highest BCUT2D eigenvalue weighted by molar-refractivity contribution is 6.19. The maximum atomic E-state index is 6.63. The van der Waals surface area contributed by atoms with Crippen LogP contribution < -0.4 is 4.90 Å². The molecular weight excluding hydrogens is 558 g/mol. The highest BCUT2D eigenvalue weighted by Crippen LogP contribution is 2.46. The van der Waals surface area contributed by atoms with E-state index >= 15 is 0 Å². The molecule has 216 valence electrons. The van der Waals surface area contributed by atoms with Crippen molar-refractivity contribution in [2.75, 3.05) is 4.90 Å².